The van der Waals surface area contributed by atoms with Gasteiger partial charge in [0.15, 0.2) is 0 Å². The molecule has 2 rings (SSSR count). The Balaban J connectivity index is 2.08. The third-order valence-corrected chi connectivity index (χ3v) is 2.83. The van der Waals surface area contributed by atoms with Crippen molar-refractivity contribution < 1.29 is 0 Å². The van der Waals surface area contributed by atoms with Gasteiger partial charge in [0.1, 0.15) is 0 Å². The van der Waals surface area contributed by atoms with Crippen LogP contribution in [0.1, 0.15) is 4.88 Å². The standard InChI is InChI=1S/C10H12N4S/c1-14(7-9-3-2-4-15-9)10-12-5-8(11)6-13-10/h2-6H,7,11H2,1H3. The first-order valence-corrected chi connectivity index (χ1v) is 5.45. The minimum atomic E-state index is 0.586. The van der Waals surface area contributed by atoms with E-state index in [0.29, 0.717) is 11.6 Å². The molecule has 0 unspecified atom stereocenters. The van der Waals surface area contributed by atoms with Gasteiger partial charge in [-0.3, -0.25) is 0 Å². The summed E-state index contributed by atoms with van der Waals surface area (Å²) in [6.07, 6.45) is 3.24. The van der Waals surface area contributed by atoms with Crippen LogP contribution in [0.5, 0.6) is 0 Å². The van der Waals surface area contributed by atoms with E-state index in [1.165, 1.54) is 4.88 Å². The van der Waals surface area contributed by atoms with Crippen molar-refractivity contribution in [3.05, 3.63) is 34.8 Å². The van der Waals surface area contributed by atoms with Gasteiger partial charge in [-0.05, 0) is 11.4 Å². The number of nitrogens with two attached hydrogens (primary N) is 1. The molecule has 0 aliphatic carbocycles. The van der Waals surface area contributed by atoms with E-state index in [1.807, 2.05) is 18.0 Å². The van der Waals surface area contributed by atoms with Crippen molar-refractivity contribution in [2.45, 2.75) is 6.54 Å². The molecule has 0 aliphatic rings. The van der Waals surface area contributed by atoms with Crippen molar-refractivity contribution in [2.24, 2.45) is 0 Å². The minimum absolute atomic E-state index is 0.586. The zero-order valence-corrected chi connectivity index (χ0v) is 9.24. The number of aromatic nitrogens is 2. The molecule has 15 heavy (non-hydrogen) atoms. The second-order valence-electron chi connectivity index (χ2n) is 3.25. The molecule has 0 amide bonds. The Kier molecular flexibility index (Phi) is 2.82. The van der Waals surface area contributed by atoms with E-state index in [4.69, 9.17) is 5.73 Å². The van der Waals surface area contributed by atoms with Crippen molar-refractivity contribution >= 4 is 23.0 Å². The van der Waals surface area contributed by atoms with Gasteiger partial charge in [-0.15, -0.1) is 11.3 Å². The van der Waals surface area contributed by atoms with Gasteiger partial charge < -0.3 is 10.6 Å². The summed E-state index contributed by atoms with van der Waals surface area (Å²) in [6, 6.07) is 4.14. The van der Waals surface area contributed by atoms with Gasteiger partial charge >= 0.3 is 0 Å². The molecule has 0 bridgehead atoms. The maximum absolute atomic E-state index is 5.52. The molecule has 0 saturated carbocycles. The molecule has 5 heteroatoms. The lowest BCUT2D eigenvalue weighted by Crippen LogP contribution is -2.18. The van der Waals surface area contributed by atoms with E-state index in [0.717, 1.165) is 6.54 Å². The summed E-state index contributed by atoms with van der Waals surface area (Å²) in [5.41, 5.74) is 6.11. The lowest BCUT2D eigenvalue weighted by molar-refractivity contribution is 0.879. The van der Waals surface area contributed by atoms with Crippen LogP contribution < -0.4 is 10.6 Å². The summed E-state index contributed by atoms with van der Waals surface area (Å²) in [4.78, 5) is 11.6. The Bertz CT molecular complexity index is 409. The molecule has 2 heterocycles. The minimum Gasteiger partial charge on any atom is -0.396 e. The van der Waals surface area contributed by atoms with Crippen LogP contribution in [0.25, 0.3) is 0 Å². The summed E-state index contributed by atoms with van der Waals surface area (Å²) in [5, 5.41) is 2.06. The Morgan fingerprint density at radius 3 is 2.73 bits per heavy atom. The summed E-state index contributed by atoms with van der Waals surface area (Å²) in [5.74, 6) is 0.692. The molecule has 0 spiro atoms. The fourth-order valence-corrected chi connectivity index (χ4v) is 1.99. The highest BCUT2D eigenvalue weighted by Gasteiger charge is 2.04. The lowest BCUT2D eigenvalue weighted by atomic mass is 10.4. The maximum Gasteiger partial charge on any atom is 0.225 e. The first-order valence-electron chi connectivity index (χ1n) is 4.57. The van der Waals surface area contributed by atoms with Gasteiger partial charge in [0.25, 0.3) is 0 Å². The second-order valence-corrected chi connectivity index (χ2v) is 4.28. The lowest BCUT2D eigenvalue weighted by Gasteiger charge is -2.15. The van der Waals surface area contributed by atoms with Gasteiger partial charge in [0, 0.05) is 11.9 Å². The van der Waals surface area contributed by atoms with Crippen LogP contribution in [0, 0.1) is 0 Å². The third-order valence-electron chi connectivity index (χ3n) is 1.97. The van der Waals surface area contributed by atoms with Crippen LogP contribution in [0.3, 0.4) is 0 Å². The van der Waals surface area contributed by atoms with E-state index in [-0.39, 0.29) is 0 Å². The van der Waals surface area contributed by atoms with E-state index in [9.17, 15) is 0 Å². The van der Waals surface area contributed by atoms with Crippen LogP contribution >= 0.6 is 11.3 Å². The highest BCUT2D eigenvalue weighted by Crippen LogP contribution is 2.14. The normalized spacial score (nSPS) is 10.2. The Morgan fingerprint density at radius 2 is 2.13 bits per heavy atom. The topological polar surface area (TPSA) is 55.0 Å². The van der Waals surface area contributed by atoms with Crippen molar-refractivity contribution in [1.82, 2.24) is 9.97 Å². The van der Waals surface area contributed by atoms with Crippen molar-refractivity contribution in [1.29, 1.82) is 0 Å². The molecule has 0 atom stereocenters. The Hall–Kier alpha value is -1.62. The molecule has 0 aromatic carbocycles. The van der Waals surface area contributed by atoms with Gasteiger partial charge in [-0.25, -0.2) is 9.97 Å². The summed E-state index contributed by atoms with van der Waals surface area (Å²) in [7, 11) is 1.96. The number of anilines is 2. The van der Waals surface area contributed by atoms with Crippen LogP contribution in [0.4, 0.5) is 11.6 Å². The number of rotatable bonds is 3. The first kappa shape index (κ1) is 9.92. The predicted octanol–water partition coefficient (Wildman–Crippen LogP) is 1.76. The van der Waals surface area contributed by atoms with Gasteiger partial charge in [0.2, 0.25) is 5.95 Å². The Morgan fingerprint density at radius 1 is 1.40 bits per heavy atom. The van der Waals surface area contributed by atoms with Gasteiger partial charge in [0.05, 0.1) is 24.6 Å². The molecular weight excluding hydrogens is 208 g/mol. The molecular formula is C10H12N4S. The quantitative estimate of drug-likeness (QED) is 0.856. The molecule has 4 nitrogen and oxygen atoms in total. The SMILES string of the molecule is CN(Cc1cccs1)c1ncc(N)cn1. The number of nitrogen functional groups attached to an aromatic ring is 1. The Labute approximate surface area is 92.4 Å². The highest BCUT2D eigenvalue weighted by molar-refractivity contribution is 7.09. The number of nitrogens with zero attached hydrogens (tertiary/aromatic N) is 3. The molecule has 0 saturated heterocycles. The molecule has 0 aliphatic heterocycles. The largest absolute Gasteiger partial charge is 0.396 e. The van der Waals surface area contributed by atoms with Crippen molar-refractivity contribution in [2.75, 3.05) is 17.7 Å². The number of thiophene rings is 1. The monoisotopic (exact) mass is 220 g/mol. The van der Waals surface area contributed by atoms with E-state index in [2.05, 4.69) is 21.4 Å². The van der Waals surface area contributed by atoms with Crippen LogP contribution in [-0.4, -0.2) is 17.0 Å². The summed E-state index contributed by atoms with van der Waals surface area (Å²) in [6.45, 7) is 0.821. The fraction of sp³-hybridized carbons (Fsp3) is 0.200. The summed E-state index contributed by atoms with van der Waals surface area (Å²) < 4.78 is 0. The zero-order valence-electron chi connectivity index (χ0n) is 8.42. The molecule has 2 aromatic heterocycles. The molecule has 0 fully saturated rings. The van der Waals surface area contributed by atoms with Crippen LogP contribution in [0.2, 0.25) is 0 Å². The molecule has 0 radical (unpaired) electrons. The fourth-order valence-electron chi connectivity index (χ4n) is 1.24. The van der Waals surface area contributed by atoms with E-state index >= 15 is 0 Å². The first-order chi connectivity index (χ1) is 7.25. The second kappa shape index (κ2) is 4.27. The molecule has 2 N–H and O–H groups in total. The van der Waals surface area contributed by atoms with Crippen LogP contribution in [0.15, 0.2) is 29.9 Å². The van der Waals surface area contributed by atoms with Gasteiger partial charge in [-0.2, -0.15) is 0 Å². The maximum atomic E-state index is 5.52. The average molecular weight is 220 g/mol. The summed E-state index contributed by atoms with van der Waals surface area (Å²) >= 11 is 1.73. The third kappa shape index (κ3) is 2.44. The number of hydrogen-bond acceptors (Lipinski definition) is 5. The van der Waals surface area contributed by atoms with Crippen molar-refractivity contribution in [3.8, 4) is 0 Å². The molecule has 2 aromatic rings. The van der Waals surface area contributed by atoms with Crippen molar-refractivity contribution in [3.63, 3.8) is 0 Å². The zero-order chi connectivity index (χ0) is 10.7. The smallest absolute Gasteiger partial charge is 0.225 e. The average Bonchev–Trinajstić information content (AvgIpc) is 2.71. The molecule has 78 valence electrons. The number of hydrogen-bond donors (Lipinski definition) is 1. The highest BCUT2D eigenvalue weighted by atomic mass is 32.1. The van der Waals surface area contributed by atoms with E-state index < -0.39 is 0 Å². The van der Waals surface area contributed by atoms with E-state index in [1.54, 1.807) is 23.7 Å². The van der Waals surface area contributed by atoms with Gasteiger partial charge in [-0.1, -0.05) is 6.07 Å². The van der Waals surface area contributed by atoms with Crippen LogP contribution in [-0.2, 0) is 6.54 Å². The predicted molar refractivity (Wildman–Crippen MR) is 62.9 cm³/mol.